The Hall–Kier alpha value is -1.63. The molecule has 17 heavy (non-hydrogen) atoms. The normalized spacial score (nSPS) is 12.0. The molecule has 0 aliphatic carbocycles. The predicted molar refractivity (Wildman–Crippen MR) is 59.0 cm³/mol. The van der Waals surface area contributed by atoms with Crippen LogP contribution >= 0.6 is 0 Å². The number of nitrogens with two attached hydrogens (primary N) is 1. The van der Waals surface area contributed by atoms with Crippen molar-refractivity contribution in [3.63, 3.8) is 0 Å². The summed E-state index contributed by atoms with van der Waals surface area (Å²) in [6.45, 7) is 3.56. The molecule has 0 fully saturated rings. The summed E-state index contributed by atoms with van der Waals surface area (Å²) in [6, 6.07) is -1.09. The van der Waals surface area contributed by atoms with E-state index in [4.69, 9.17) is 15.6 Å². The van der Waals surface area contributed by atoms with Crippen LogP contribution in [-0.2, 0) is 19.1 Å². The van der Waals surface area contributed by atoms with Crippen LogP contribution < -0.4 is 11.1 Å². The molecule has 4 N–H and O–H groups in total. The molecule has 7 heteroatoms. The standard InChI is InChI=1S/C10H18N2O5/c1-6(2)10(16)17-4-3-12-9(15)7(11)5-8(13)14/h6-7H,3-5,11H2,1-2H3,(H,12,15)(H,13,14)/t7-/m1/s1. The van der Waals surface area contributed by atoms with Crippen molar-refractivity contribution in [1.29, 1.82) is 0 Å². The van der Waals surface area contributed by atoms with Gasteiger partial charge in [-0.25, -0.2) is 0 Å². The van der Waals surface area contributed by atoms with E-state index in [0.29, 0.717) is 0 Å². The zero-order valence-electron chi connectivity index (χ0n) is 9.93. The van der Waals surface area contributed by atoms with Crippen molar-refractivity contribution >= 4 is 17.8 Å². The summed E-state index contributed by atoms with van der Waals surface area (Å²) in [6.07, 6.45) is -0.433. The third-order valence-electron chi connectivity index (χ3n) is 1.85. The van der Waals surface area contributed by atoms with Gasteiger partial charge in [-0.1, -0.05) is 13.8 Å². The van der Waals surface area contributed by atoms with Gasteiger partial charge in [0, 0.05) is 0 Å². The molecular formula is C10H18N2O5. The highest BCUT2D eigenvalue weighted by atomic mass is 16.5. The van der Waals surface area contributed by atoms with Gasteiger partial charge in [0.25, 0.3) is 0 Å². The fraction of sp³-hybridized carbons (Fsp3) is 0.700. The van der Waals surface area contributed by atoms with Crippen LogP contribution in [0.5, 0.6) is 0 Å². The summed E-state index contributed by atoms with van der Waals surface area (Å²) in [4.78, 5) is 32.5. The Bertz CT molecular complexity index is 290. The fourth-order valence-corrected chi connectivity index (χ4v) is 0.904. The Balaban J connectivity index is 3.71. The molecule has 0 bridgehead atoms. The second-order valence-corrected chi connectivity index (χ2v) is 3.82. The van der Waals surface area contributed by atoms with Gasteiger partial charge in [0.2, 0.25) is 5.91 Å². The summed E-state index contributed by atoms with van der Waals surface area (Å²) >= 11 is 0. The fourth-order valence-electron chi connectivity index (χ4n) is 0.904. The van der Waals surface area contributed by atoms with Crippen LogP contribution in [0, 0.1) is 5.92 Å². The smallest absolute Gasteiger partial charge is 0.308 e. The SMILES string of the molecule is CC(C)C(=O)OCCNC(=O)[C@H](N)CC(=O)O. The maximum Gasteiger partial charge on any atom is 0.308 e. The zero-order valence-corrected chi connectivity index (χ0v) is 9.93. The number of esters is 1. The highest BCUT2D eigenvalue weighted by molar-refractivity contribution is 5.85. The van der Waals surface area contributed by atoms with Crippen LogP contribution in [0.15, 0.2) is 0 Å². The monoisotopic (exact) mass is 246 g/mol. The molecule has 0 aliphatic rings. The second-order valence-electron chi connectivity index (χ2n) is 3.82. The lowest BCUT2D eigenvalue weighted by Crippen LogP contribution is -2.43. The maximum absolute atomic E-state index is 11.2. The Labute approximate surface area is 99.3 Å². The molecule has 0 aromatic heterocycles. The molecule has 0 rings (SSSR count). The molecule has 0 spiro atoms. The largest absolute Gasteiger partial charge is 0.481 e. The van der Waals surface area contributed by atoms with Gasteiger partial charge in [-0.05, 0) is 0 Å². The molecule has 1 amide bonds. The van der Waals surface area contributed by atoms with Crippen molar-refractivity contribution < 1.29 is 24.2 Å². The summed E-state index contributed by atoms with van der Waals surface area (Å²) in [5, 5.41) is 10.8. The van der Waals surface area contributed by atoms with Crippen molar-refractivity contribution in [3.05, 3.63) is 0 Å². The highest BCUT2D eigenvalue weighted by Crippen LogP contribution is 1.94. The van der Waals surface area contributed by atoms with E-state index in [-0.39, 0.29) is 25.0 Å². The number of aliphatic carboxylic acids is 1. The van der Waals surface area contributed by atoms with Crippen molar-refractivity contribution in [1.82, 2.24) is 5.32 Å². The van der Waals surface area contributed by atoms with Gasteiger partial charge in [-0.15, -0.1) is 0 Å². The molecule has 1 atom stereocenters. The number of carboxylic acids is 1. The van der Waals surface area contributed by atoms with E-state index < -0.39 is 24.3 Å². The van der Waals surface area contributed by atoms with Crippen molar-refractivity contribution in [2.24, 2.45) is 11.7 Å². The molecular weight excluding hydrogens is 228 g/mol. The van der Waals surface area contributed by atoms with Crippen molar-refractivity contribution in [2.45, 2.75) is 26.3 Å². The van der Waals surface area contributed by atoms with Crippen LogP contribution in [0.4, 0.5) is 0 Å². The van der Waals surface area contributed by atoms with Crippen LogP contribution in [0.25, 0.3) is 0 Å². The minimum atomic E-state index is -1.14. The van der Waals surface area contributed by atoms with Gasteiger partial charge >= 0.3 is 11.9 Å². The van der Waals surface area contributed by atoms with Crippen molar-refractivity contribution in [3.8, 4) is 0 Å². The maximum atomic E-state index is 11.2. The van der Waals surface area contributed by atoms with E-state index in [9.17, 15) is 14.4 Å². The van der Waals surface area contributed by atoms with Gasteiger partial charge in [0.1, 0.15) is 6.61 Å². The molecule has 0 saturated heterocycles. The number of hydrogen-bond acceptors (Lipinski definition) is 5. The average Bonchev–Trinajstić information content (AvgIpc) is 2.22. The molecule has 0 unspecified atom stereocenters. The van der Waals surface area contributed by atoms with Gasteiger partial charge in [-0.2, -0.15) is 0 Å². The molecule has 0 aromatic carbocycles. The second kappa shape index (κ2) is 7.61. The number of carbonyl (C=O) groups excluding carboxylic acids is 2. The van der Waals surface area contributed by atoms with Gasteiger partial charge in [0.05, 0.1) is 24.9 Å². The quantitative estimate of drug-likeness (QED) is 0.396. The molecule has 0 saturated carbocycles. The first-order valence-electron chi connectivity index (χ1n) is 5.26. The molecule has 0 aliphatic heterocycles. The minimum Gasteiger partial charge on any atom is -0.481 e. The summed E-state index contributed by atoms with van der Waals surface area (Å²) < 4.78 is 4.80. The number of amides is 1. The van der Waals surface area contributed by atoms with E-state index in [1.807, 2.05) is 0 Å². The van der Waals surface area contributed by atoms with Crippen LogP contribution in [0.1, 0.15) is 20.3 Å². The number of carbonyl (C=O) groups is 3. The molecule has 7 nitrogen and oxygen atoms in total. The first-order chi connectivity index (χ1) is 7.84. The topological polar surface area (TPSA) is 119 Å². The van der Waals surface area contributed by atoms with Gasteiger partial charge in [-0.3, -0.25) is 14.4 Å². The number of ether oxygens (including phenoxy) is 1. The van der Waals surface area contributed by atoms with Gasteiger partial charge < -0.3 is 20.9 Å². The number of hydrogen-bond donors (Lipinski definition) is 3. The molecule has 98 valence electrons. The van der Waals surface area contributed by atoms with E-state index >= 15 is 0 Å². The van der Waals surface area contributed by atoms with E-state index in [1.54, 1.807) is 13.8 Å². The summed E-state index contributed by atoms with van der Waals surface area (Å²) in [5.74, 6) is -2.29. The molecule has 0 radical (unpaired) electrons. The summed E-state index contributed by atoms with van der Waals surface area (Å²) in [5.41, 5.74) is 5.31. The lowest BCUT2D eigenvalue weighted by molar-refractivity contribution is -0.147. The van der Waals surface area contributed by atoms with Crippen LogP contribution in [-0.4, -0.2) is 42.1 Å². The Morgan fingerprint density at radius 3 is 2.41 bits per heavy atom. The Morgan fingerprint density at radius 1 is 1.35 bits per heavy atom. The molecule has 0 heterocycles. The lowest BCUT2D eigenvalue weighted by atomic mass is 10.2. The number of nitrogens with one attached hydrogen (secondary N) is 1. The van der Waals surface area contributed by atoms with Gasteiger partial charge in [0.15, 0.2) is 0 Å². The van der Waals surface area contributed by atoms with E-state index in [2.05, 4.69) is 5.32 Å². The summed E-state index contributed by atoms with van der Waals surface area (Å²) in [7, 11) is 0. The first-order valence-corrected chi connectivity index (χ1v) is 5.26. The first kappa shape index (κ1) is 15.4. The zero-order chi connectivity index (χ0) is 13.4. The average molecular weight is 246 g/mol. The van der Waals surface area contributed by atoms with Crippen molar-refractivity contribution in [2.75, 3.05) is 13.2 Å². The Kier molecular flexibility index (Phi) is 6.88. The number of rotatable bonds is 7. The minimum absolute atomic E-state index is 0.0442. The van der Waals surface area contributed by atoms with E-state index in [0.717, 1.165) is 0 Å². The third kappa shape index (κ3) is 7.29. The lowest BCUT2D eigenvalue weighted by Gasteiger charge is -2.11. The Morgan fingerprint density at radius 2 is 1.94 bits per heavy atom. The van der Waals surface area contributed by atoms with E-state index in [1.165, 1.54) is 0 Å². The van der Waals surface area contributed by atoms with Crippen LogP contribution in [0.2, 0.25) is 0 Å². The predicted octanol–water partition coefficient (Wildman–Crippen LogP) is -0.896. The third-order valence-corrected chi connectivity index (χ3v) is 1.85. The van der Waals surface area contributed by atoms with Crippen LogP contribution in [0.3, 0.4) is 0 Å². The highest BCUT2D eigenvalue weighted by Gasteiger charge is 2.16. The molecule has 0 aromatic rings. The number of carboxylic acid groups (broad SMARTS) is 1.